The molecule has 0 aliphatic carbocycles. The first kappa shape index (κ1) is 16.0. The number of sulfonamides is 1. The Bertz CT molecular complexity index is 607. The van der Waals surface area contributed by atoms with Gasteiger partial charge in [-0.15, -0.1) is 0 Å². The van der Waals surface area contributed by atoms with Crippen LogP contribution in [-0.2, 0) is 10.0 Å². The van der Waals surface area contributed by atoms with Crippen molar-refractivity contribution in [3.05, 3.63) is 18.0 Å². The zero-order chi connectivity index (χ0) is 15.6. The fourth-order valence-corrected chi connectivity index (χ4v) is 3.91. The lowest BCUT2D eigenvalue weighted by Gasteiger charge is -2.17. The average molecular weight is 315 g/mol. The third kappa shape index (κ3) is 3.12. The molecule has 0 saturated carbocycles. The summed E-state index contributed by atoms with van der Waals surface area (Å²) in [6, 6.07) is 1.36. The summed E-state index contributed by atoms with van der Waals surface area (Å²) < 4.78 is 26.0. The van der Waals surface area contributed by atoms with Crippen molar-refractivity contribution >= 4 is 15.9 Å². The topological polar surface area (TPSA) is 93.7 Å². The molecule has 1 atom stereocenters. The number of aromatic nitrogens is 1. The molecule has 1 amide bonds. The number of amides is 1. The molecular formula is C13H21N3O4S. The molecule has 0 unspecified atom stereocenters. The maximum Gasteiger partial charge on any atom is 0.270 e. The molecule has 21 heavy (non-hydrogen) atoms. The Labute approximate surface area is 124 Å². The van der Waals surface area contributed by atoms with Gasteiger partial charge in [-0.25, -0.2) is 8.42 Å². The van der Waals surface area contributed by atoms with Crippen LogP contribution in [0.1, 0.15) is 30.8 Å². The molecule has 2 N–H and O–H groups in total. The molecule has 1 aliphatic heterocycles. The van der Waals surface area contributed by atoms with E-state index in [-0.39, 0.29) is 23.0 Å². The molecule has 1 fully saturated rings. The molecule has 8 heteroatoms. The average Bonchev–Trinajstić information content (AvgIpc) is 3.08. The fourth-order valence-electron chi connectivity index (χ4n) is 2.46. The molecule has 2 heterocycles. The van der Waals surface area contributed by atoms with Crippen LogP contribution >= 0.6 is 0 Å². The van der Waals surface area contributed by atoms with Gasteiger partial charge in [-0.05, 0) is 12.5 Å². The van der Waals surface area contributed by atoms with Crippen LogP contribution in [0.15, 0.2) is 17.2 Å². The zero-order valence-corrected chi connectivity index (χ0v) is 13.1. The lowest BCUT2D eigenvalue weighted by Crippen LogP contribution is -2.30. The van der Waals surface area contributed by atoms with Gasteiger partial charge in [0, 0.05) is 32.4 Å². The van der Waals surface area contributed by atoms with Gasteiger partial charge in [-0.1, -0.05) is 13.8 Å². The van der Waals surface area contributed by atoms with Gasteiger partial charge in [0.25, 0.3) is 5.91 Å². The summed E-state index contributed by atoms with van der Waals surface area (Å²) in [5.74, 6) is -0.285. The Kier molecular flexibility index (Phi) is 4.70. The van der Waals surface area contributed by atoms with Gasteiger partial charge >= 0.3 is 0 Å². The van der Waals surface area contributed by atoms with Gasteiger partial charge in [-0.3, -0.25) is 4.79 Å². The van der Waals surface area contributed by atoms with E-state index in [9.17, 15) is 18.3 Å². The van der Waals surface area contributed by atoms with E-state index in [0.717, 1.165) is 0 Å². The van der Waals surface area contributed by atoms with Crippen molar-refractivity contribution in [3.8, 4) is 0 Å². The number of hydrogen-bond acceptors (Lipinski definition) is 4. The van der Waals surface area contributed by atoms with Crippen molar-refractivity contribution in [2.75, 3.05) is 26.2 Å². The van der Waals surface area contributed by atoms with E-state index in [4.69, 9.17) is 0 Å². The van der Waals surface area contributed by atoms with Crippen LogP contribution in [0.5, 0.6) is 0 Å². The first-order chi connectivity index (χ1) is 9.90. The predicted molar refractivity (Wildman–Crippen MR) is 77.4 cm³/mol. The van der Waals surface area contributed by atoms with Crippen molar-refractivity contribution in [2.24, 2.45) is 0 Å². The third-order valence-electron chi connectivity index (χ3n) is 3.68. The van der Waals surface area contributed by atoms with Gasteiger partial charge in [0.05, 0.1) is 6.10 Å². The van der Waals surface area contributed by atoms with E-state index < -0.39 is 16.1 Å². The first-order valence-electron chi connectivity index (χ1n) is 7.06. The smallest absolute Gasteiger partial charge is 0.270 e. The van der Waals surface area contributed by atoms with Crippen molar-refractivity contribution in [1.29, 1.82) is 0 Å². The number of nitrogens with one attached hydrogen (secondary N) is 1. The molecule has 1 saturated heterocycles. The normalized spacial score (nSPS) is 19.4. The molecule has 0 bridgehead atoms. The van der Waals surface area contributed by atoms with Crippen LogP contribution < -0.4 is 0 Å². The van der Waals surface area contributed by atoms with Crippen LogP contribution in [0.25, 0.3) is 0 Å². The summed E-state index contributed by atoms with van der Waals surface area (Å²) in [5.41, 5.74) is 0.231. The van der Waals surface area contributed by atoms with Crippen LogP contribution in [0, 0.1) is 0 Å². The summed E-state index contributed by atoms with van der Waals surface area (Å²) in [6.45, 7) is 5.07. The highest BCUT2D eigenvalue weighted by Crippen LogP contribution is 2.19. The molecule has 7 nitrogen and oxygen atoms in total. The van der Waals surface area contributed by atoms with Crippen molar-refractivity contribution < 1.29 is 18.3 Å². The summed E-state index contributed by atoms with van der Waals surface area (Å²) >= 11 is 0. The monoisotopic (exact) mass is 315 g/mol. The zero-order valence-electron chi connectivity index (χ0n) is 12.2. The number of aromatic amines is 1. The van der Waals surface area contributed by atoms with Crippen molar-refractivity contribution in [1.82, 2.24) is 14.2 Å². The standard InChI is InChI=1S/C13H21N3O4S/c1-3-16(4-2)21(19,20)11-7-12(14-8-11)13(18)15-6-5-10(17)9-15/h7-8,10,14,17H,3-6,9H2,1-2H3/t10-/m0/s1. The predicted octanol–water partition coefficient (Wildman–Crippen LogP) is 0.252. The lowest BCUT2D eigenvalue weighted by molar-refractivity contribution is 0.0760. The number of aliphatic hydroxyl groups is 1. The summed E-state index contributed by atoms with van der Waals surface area (Å²) in [5, 5.41) is 9.46. The highest BCUT2D eigenvalue weighted by atomic mass is 32.2. The molecule has 2 rings (SSSR count). The molecule has 118 valence electrons. The number of carbonyl (C=O) groups excluding carboxylic acids is 1. The van der Waals surface area contributed by atoms with Gasteiger partial charge < -0.3 is 15.0 Å². The van der Waals surface area contributed by atoms with E-state index in [0.29, 0.717) is 26.1 Å². The van der Waals surface area contributed by atoms with Crippen LogP contribution in [0.2, 0.25) is 0 Å². The summed E-state index contributed by atoms with van der Waals surface area (Å²) in [6.07, 6.45) is 1.40. The minimum absolute atomic E-state index is 0.0919. The Hall–Kier alpha value is -1.38. The molecule has 0 spiro atoms. The number of carbonyl (C=O) groups is 1. The number of rotatable bonds is 5. The molecule has 1 aromatic heterocycles. The Morgan fingerprint density at radius 2 is 2.14 bits per heavy atom. The SMILES string of the molecule is CCN(CC)S(=O)(=O)c1c[nH]c(C(=O)N2CC[C@H](O)C2)c1. The number of nitrogens with zero attached hydrogens (tertiary/aromatic N) is 2. The fraction of sp³-hybridized carbons (Fsp3) is 0.615. The summed E-state index contributed by atoms with van der Waals surface area (Å²) in [7, 11) is -3.57. The van der Waals surface area contributed by atoms with E-state index >= 15 is 0 Å². The van der Waals surface area contributed by atoms with E-state index in [2.05, 4.69) is 4.98 Å². The van der Waals surface area contributed by atoms with Crippen LogP contribution in [-0.4, -0.2) is 65.9 Å². The van der Waals surface area contributed by atoms with E-state index in [1.54, 1.807) is 13.8 Å². The number of aliphatic hydroxyl groups excluding tert-OH is 1. The second-order valence-electron chi connectivity index (χ2n) is 5.03. The Morgan fingerprint density at radius 1 is 1.48 bits per heavy atom. The van der Waals surface area contributed by atoms with Gasteiger partial charge in [0.1, 0.15) is 10.6 Å². The molecule has 1 aromatic rings. The van der Waals surface area contributed by atoms with Gasteiger partial charge in [0.15, 0.2) is 0 Å². The minimum atomic E-state index is -3.57. The summed E-state index contributed by atoms with van der Waals surface area (Å²) in [4.78, 5) is 16.6. The number of hydrogen-bond donors (Lipinski definition) is 2. The minimum Gasteiger partial charge on any atom is -0.391 e. The van der Waals surface area contributed by atoms with Gasteiger partial charge in [0.2, 0.25) is 10.0 Å². The number of β-amino-alcohol motifs (C(OH)–C–C–N with tert-alkyl or cyclic N) is 1. The van der Waals surface area contributed by atoms with E-state index in [1.165, 1.54) is 21.5 Å². The highest BCUT2D eigenvalue weighted by molar-refractivity contribution is 7.89. The molecular weight excluding hydrogens is 294 g/mol. The quantitative estimate of drug-likeness (QED) is 0.814. The second kappa shape index (κ2) is 6.17. The molecule has 0 aromatic carbocycles. The third-order valence-corrected chi connectivity index (χ3v) is 5.71. The lowest BCUT2D eigenvalue weighted by atomic mass is 10.3. The number of likely N-dealkylation sites (tertiary alicyclic amines) is 1. The Morgan fingerprint density at radius 3 is 2.67 bits per heavy atom. The van der Waals surface area contributed by atoms with Crippen molar-refractivity contribution in [3.63, 3.8) is 0 Å². The van der Waals surface area contributed by atoms with E-state index in [1.807, 2.05) is 0 Å². The van der Waals surface area contributed by atoms with Gasteiger partial charge in [-0.2, -0.15) is 4.31 Å². The van der Waals surface area contributed by atoms with Crippen molar-refractivity contribution in [2.45, 2.75) is 31.3 Å². The second-order valence-corrected chi connectivity index (χ2v) is 6.97. The molecule has 1 aliphatic rings. The van der Waals surface area contributed by atoms with Crippen LogP contribution in [0.4, 0.5) is 0 Å². The first-order valence-corrected chi connectivity index (χ1v) is 8.50. The number of H-pyrrole nitrogens is 1. The maximum absolute atomic E-state index is 12.3. The Balaban J connectivity index is 2.20. The largest absolute Gasteiger partial charge is 0.391 e. The van der Waals surface area contributed by atoms with Crippen LogP contribution in [0.3, 0.4) is 0 Å². The highest BCUT2D eigenvalue weighted by Gasteiger charge is 2.28. The molecule has 0 radical (unpaired) electrons. The maximum atomic E-state index is 12.3.